The van der Waals surface area contributed by atoms with Crippen LogP contribution in [0.4, 0.5) is 0 Å². The maximum Gasteiger partial charge on any atom is 0.230 e. The van der Waals surface area contributed by atoms with E-state index in [9.17, 15) is 0 Å². The van der Waals surface area contributed by atoms with Gasteiger partial charge in [0.2, 0.25) is 5.89 Å². The van der Waals surface area contributed by atoms with E-state index in [2.05, 4.69) is 10.1 Å². The molecule has 3 saturated carbocycles. The third kappa shape index (κ3) is 1.83. The maximum atomic E-state index is 6.40. The van der Waals surface area contributed by atoms with Gasteiger partial charge in [-0.2, -0.15) is 4.98 Å². The highest BCUT2D eigenvalue weighted by Crippen LogP contribution is 2.66. The van der Waals surface area contributed by atoms with Crippen LogP contribution in [0.3, 0.4) is 0 Å². The summed E-state index contributed by atoms with van der Waals surface area (Å²) in [5.41, 5.74) is 6.60. The van der Waals surface area contributed by atoms with Gasteiger partial charge >= 0.3 is 0 Å². The van der Waals surface area contributed by atoms with Crippen LogP contribution in [0.1, 0.15) is 81.8 Å². The Morgan fingerprint density at radius 3 is 2.42 bits per heavy atom. The summed E-state index contributed by atoms with van der Waals surface area (Å²) in [4.78, 5) is 4.67. The third-order valence-corrected chi connectivity index (χ3v) is 5.72. The Hall–Kier alpha value is -0.900. The first kappa shape index (κ1) is 11.9. The largest absolute Gasteiger partial charge is 0.339 e. The Kier molecular flexibility index (Phi) is 2.53. The van der Waals surface area contributed by atoms with Crippen molar-refractivity contribution in [2.45, 2.75) is 75.7 Å². The van der Waals surface area contributed by atoms with Crippen molar-refractivity contribution in [2.75, 3.05) is 0 Å². The molecule has 1 heterocycles. The second-order valence-electron chi connectivity index (χ2n) is 7.00. The molecule has 0 bridgehead atoms. The third-order valence-electron chi connectivity index (χ3n) is 5.72. The van der Waals surface area contributed by atoms with E-state index >= 15 is 0 Å². The number of aromatic nitrogens is 2. The SMILES string of the molecule is NC1(c2noc(C3CC34CCCCC4)n2)CCCC1. The van der Waals surface area contributed by atoms with Crippen molar-refractivity contribution < 1.29 is 4.52 Å². The van der Waals surface area contributed by atoms with Crippen molar-refractivity contribution >= 4 is 0 Å². The molecule has 19 heavy (non-hydrogen) atoms. The molecule has 0 amide bonds. The fourth-order valence-electron chi connectivity index (χ4n) is 4.31. The quantitative estimate of drug-likeness (QED) is 0.887. The average molecular weight is 261 g/mol. The fraction of sp³-hybridized carbons (Fsp3) is 0.867. The van der Waals surface area contributed by atoms with Gasteiger partial charge in [0, 0.05) is 5.92 Å². The number of nitrogens with zero attached hydrogens (tertiary/aromatic N) is 2. The lowest BCUT2D eigenvalue weighted by Gasteiger charge is -2.21. The first-order valence-corrected chi connectivity index (χ1v) is 7.85. The average Bonchev–Trinajstić information content (AvgIpc) is 2.87. The Labute approximate surface area is 114 Å². The normalized spacial score (nSPS) is 31.7. The predicted molar refractivity (Wildman–Crippen MR) is 71.5 cm³/mol. The molecule has 0 radical (unpaired) electrons. The van der Waals surface area contributed by atoms with Crippen molar-refractivity contribution in [3.05, 3.63) is 11.7 Å². The molecule has 4 nitrogen and oxygen atoms in total. The predicted octanol–water partition coefficient (Wildman–Crippen LogP) is 3.24. The van der Waals surface area contributed by atoms with E-state index in [1.807, 2.05) is 0 Å². The second kappa shape index (κ2) is 4.05. The van der Waals surface area contributed by atoms with Crippen LogP contribution in [0.2, 0.25) is 0 Å². The van der Waals surface area contributed by atoms with Gasteiger partial charge in [-0.25, -0.2) is 0 Å². The molecule has 3 aliphatic rings. The van der Waals surface area contributed by atoms with Gasteiger partial charge in [-0.1, -0.05) is 37.3 Å². The summed E-state index contributed by atoms with van der Waals surface area (Å²) in [6.07, 6.45) is 12.5. The fourth-order valence-corrected chi connectivity index (χ4v) is 4.31. The molecule has 1 atom stereocenters. The summed E-state index contributed by atoms with van der Waals surface area (Å²) in [6, 6.07) is 0. The smallest absolute Gasteiger partial charge is 0.230 e. The molecule has 3 fully saturated rings. The van der Waals surface area contributed by atoms with Crippen molar-refractivity contribution in [3.63, 3.8) is 0 Å². The number of hydrogen-bond acceptors (Lipinski definition) is 4. The molecule has 4 rings (SSSR count). The standard InChI is InChI=1S/C15H23N3O/c16-15(8-4-5-9-15)13-17-12(19-18-13)11-10-14(11)6-2-1-3-7-14/h11H,1-10,16H2. The highest BCUT2D eigenvalue weighted by Gasteiger charge is 2.57. The molecule has 1 aromatic heterocycles. The Bertz CT molecular complexity index is 469. The van der Waals surface area contributed by atoms with Gasteiger partial charge in [0.1, 0.15) is 0 Å². The molecule has 4 heteroatoms. The van der Waals surface area contributed by atoms with Crippen LogP contribution in [-0.2, 0) is 5.54 Å². The van der Waals surface area contributed by atoms with E-state index in [4.69, 9.17) is 10.3 Å². The van der Waals surface area contributed by atoms with Crippen LogP contribution in [0.5, 0.6) is 0 Å². The summed E-state index contributed by atoms with van der Waals surface area (Å²) in [6.45, 7) is 0. The van der Waals surface area contributed by atoms with E-state index in [1.54, 1.807) is 0 Å². The molecule has 1 unspecified atom stereocenters. The highest BCUT2D eigenvalue weighted by atomic mass is 16.5. The maximum absolute atomic E-state index is 6.40. The minimum absolute atomic E-state index is 0.309. The molecule has 2 N–H and O–H groups in total. The zero-order chi connectivity index (χ0) is 12.9. The molecule has 0 aliphatic heterocycles. The van der Waals surface area contributed by atoms with Gasteiger partial charge in [0.25, 0.3) is 0 Å². The Morgan fingerprint density at radius 2 is 1.68 bits per heavy atom. The lowest BCUT2D eigenvalue weighted by atomic mass is 9.84. The van der Waals surface area contributed by atoms with E-state index in [0.717, 1.165) is 24.6 Å². The van der Waals surface area contributed by atoms with Gasteiger partial charge in [-0.3, -0.25) is 0 Å². The number of nitrogens with two attached hydrogens (primary N) is 1. The summed E-state index contributed by atoms with van der Waals surface area (Å²) < 4.78 is 5.55. The van der Waals surface area contributed by atoms with Crippen molar-refractivity contribution in [3.8, 4) is 0 Å². The Balaban J connectivity index is 1.53. The van der Waals surface area contributed by atoms with Crippen molar-refractivity contribution in [1.82, 2.24) is 10.1 Å². The molecule has 3 aliphatic carbocycles. The zero-order valence-corrected chi connectivity index (χ0v) is 11.5. The number of rotatable bonds is 2. The summed E-state index contributed by atoms with van der Waals surface area (Å²) in [5.74, 6) is 2.16. The van der Waals surface area contributed by atoms with E-state index in [0.29, 0.717) is 11.3 Å². The van der Waals surface area contributed by atoms with Gasteiger partial charge < -0.3 is 10.3 Å². The van der Waals surface area contributed by atoms with Gasteiger partial charge in [0.05, 0.1) is 5.54 Å². The molecular weight excluding hydrogens is 238 g/mol. The van der Waals surface area contributed by atoms with E-state index < -0.39 is 0 Å². The minimum Gasteiger partial charge on any atom is -0.339 e. The van der Waals surface area contributed by atoms with Gasteiger partial charge in [-0.15, -0.1) is 0 Å². The molecule has 104 valence electrons. The van der Waals surface area contributed by atoms with Crippen molar-refractivity contribution in [1.29, 1.82) is 0 Å². The van der Waals surface area contributed by atoms with Gasteiger partial charge in [-0.05, 0) is 37.5 Å². The zero-order valence-electron chi connectivity index (χ0n) is 11.5. The topological polar surface area (TPSA) is 64.9 Å². The lowest BCUT2D eigenvalue weighted by molar-refractivity contribution is 0.297. The van der Waals surface area contributed by atoms with Crippen LogP contribution in [-0.4, -0.2) is 10.1 Å². The van der Waals surface area contributed by atoms with Crippen LogP contribution < -0.4 is 5.73 Å². The highest BCUT2D eigenvalue weighted by molar-refractivity contribution is 5.19. The molecule has 0 aromatic carbocycles. The van der Waals surface area contributed by atoms with Crippen LogP contribution in [0, 0.1) is 5.41 Å². The van der Waals surface area contributed by atoms with E-state index in [-0.39, 0.29) is 5.54 Å². The van der Waals surface area contributed by atoms with Gasteiger partial charge in [0.15, 0.2) is 5.82 Å². The molecule has 0 saturated heterocycles. The molecule has 1 aromatic rings. The summed E-state index contributed by atoms with van der Waals surface area (Å²) in [7, 11) is 0. The molecular formula is C15H23N3O. The van der Waals surface area contributed by atoms with Crippen molar-refractivity contribution in [2.24, 2.45) is 11.1 Å². The van der Waals surface area contributed by atoms with E-state index in [1.165, 1.54) is 51.4 Å². The second-order valence-corrected chi connectivity index (χ2v) is 7.00. The number of hydrogen-bond donors (Lipinski definition) is 1. The summed E-state index contributed by atoms with van der Waals surface area (Å²) >= 11 is 0. The first-order valence-electron chi connectivity index (χ1n) is 7.85. The minimum atomic E-state index is -0.309. The summed E-state index contributed by atoms with van der Waals surface area (Å²) in [5, 5.41) is 4.20. The lowest BCUT2D eigenvalue weighted by Crippen LogP contribution is -2.34. The monoisotopic (exact) mass is 261 g/mol. The van der Waals surface area contributed by atoms with Crippen LogP contribution in [0.25, 0.3) is 0 Å². The Morgan fingerprint density at radius 1 is 1.00 bits per heavy atom. The van der Waals surface area contributed by atoms with Crippen LogP contribution in [0.15, 0.2) is 4.52 Å². The first-order chi connectivity index (χ1) is 9.22. The molecule has 1 spiro atoms. The van der Waals surface area contributed by atoms with Crippen LogP contribution >= 0.6 is 0 Å².